The van der Waals surface area contributed by atoms with Gasteiger partial charge in [0.05, 0.1) is 0 Å². The zero-order valence-electron chi connectivity index (χ0n) is 19.0. The molecule has 0 aliphatic carbocycles. The van der Waals surface area contributed by atoms with Gasteiger partial charge in [-0.25, -0.2) is 0 Å². The molecule has 1 heterocycles. The zero-order valence-corrected chi connectivity index (χ0v) is 20.8. The Kier molecular flexibility index (Phi) is 7.08. The van der Waals surface area contributed by atoms with Crippen LogP contribution in [0.25, 0.3) is 0 Å². The fourth-order valence-corrected chi connectivity index (χ4v) is 10.9. The normalized spacial score (nSPS) is 14.6. The van der Waals surface area contributed by atoms with Crippen LogP contribution in [-0.2, 0) is 12.3 Å². The average Bonchev–Trinajstić information content (AvgIpc) is 2.75. The van der Waals surface area contributed by atoms with Crippen LogP contribution in [0.3, 0.4) is 0 Å². The van der Waals surface area contributed by atoms with Gasteiger partial charge in [0.15, 0.2) is 0 Å². The smallest absolute Gasteiger partial charge is 0.0193 e. The van der Waals surface area contributed by atoms with Crippen molar-refractivity contribution < 1.29 is 0 Å². The summed E-state index contributed by atoms with van der Waals surface area (Å²) in [6.07, 6.45) is 2.40. The molecule has 0 bridgehead atoms. The van der Waals surface area contributed by atoms with Gasteiger partial charge in [0.25, 0.3) is 0 Å². The highest BCUT2D eigenvalue weighted by atomic mass is 31.1. The van der Waals surface area contributed by atoms with Crippen LogP contribution in [0.4, 0.5) is 0 Å². The van der Waals surface area contributed by atoms with E-state index >= 15 is 0 Å². The van der Waals surface area contributed by atoms with Crippen LogP contribution >= 0.6 is 15.8 Å². The molecule has 0 saturated heterocycles. The van der Waals surface area contributed by atoms with Gasteiger partial charge >= 0.3 is 0 Å². The molecular formula is C22H43NP2. The van der Waals surface area contributed by atoms with Crippen molar-refractivity contribution in [1.82, 2.24) is 4.98 Å². The van der Waals surface area contributed by atoms with E-state index in [1.54, 1.807) is 0 Å². The highest BCUT2D eigenvalue weighted by Crippen LogP contribution is 2.62. The lowest BCUT2D eigenvalue weighted by Crippen LogP contribution is -2.26. The summed E-state index contributed by atoms with van der Waals surface area (Å²) in [7, 11) is -0.194. The maximum absolute atomic E-state index is 3.79. The summed E-state index contributed by atoms with van der Waals surface area (Å²) in [6, 6.07) is 4.70. The molecule has 0 spiro atoms. The molecular weight excluding hydrogens is 340 g/mol. The van der Waals surface area contributed by atoms with Crippen molar-refractivity contribution in [3.63, 3.8) is 0 Å². The van der Waals surface area contributed by atoms with Crippen LogP contribution in [0.15, 0.2) is 12.1 Å². The van der Waals surface area contributed by atoms with Crippen molar-refractivity contribution in [3.05, 3.63) is 23.5 Å². The summed E-state index contributed by atoms with van der Waals surface area (Å²) >= 11 is 0. The molecule has 1 aromatic rings. The first-order valence-electron chi connectivity index (χ1n) is 9.64. The van der Waals surface area contributed by atoms with Crippen molar-refractivity contribution >= 4 is 15.8 Å². The monoisotopic (exact) mass is 383 g/mol. The Hall–Kier alpha value is 0.140. The van der Waals surface area contributed by atoms with Crippen LogP contribution in [0, 0.1) is 0 Å². The summed E-state index contributed by atoms with van der Waals surface area (Å²) < 4.78 is 0. The van der Waals surface area contributed by atoms with Crippen molar-refractivity contribution in [1.29, 1.82) is 0 Å². The first kappa shape index (κ1) is 23.2. The Bertz CT molecular complexity index is 468. The highest BCUT2D eigenvalue weighted by molar-refractivity contribution is 7.60. The van der Waals surface area contributed by atoms with Crippen molar-refractivity contribution in [2.45, 2.75) is 116 Å². The number of hydrogen-bond donors (Lipinski definition) is 1. The minimum absolute atomic E-state index is 0.0971. The SMILES string of the molecule is CC(C)(C)P(Cc1ccc(CP(C(C)(C)C)C(C)(C)C)[nH]1)C(C)(C)C. The minimum Gasteiger partial charge on any atom is -0.362 e. The maximum Gasteiger partial charge on any atom is 0.0193 e. The molecule has 0 saturated carbocycles. The third kappa shape index (κ3) is 6.99. The number of H-pyrrole nitrogens is 1. The number of rotatable bonds is 4. The molecule has 146 valence electrons. The summed E-state index contributed by atoms with van der Waals surface area (Å²) in [5.74, 6) is 0. The van der Waals surface area contributed by atoms with Gasteiger partial charge in [-0.15, -0.1) is 0 Å². The third-order valence-electron chi connectivity index (χ3n) is 4.70. The lowest BCUT2D eigenvalue weighted by atomic mass is 10.2. The average molecular weight is 384 g/mol. The van der Waals surface area contributed by atoms with Gasteiger partial charge in [0, 0.05) is 23.7 Å². The molecule has 25 heavy (non-hydrogen) atoms. The lowest BCUT2D eigenvalue weighted by molar-refractivity contribution is 0.700. The summed E-state index contributed by atoms with van der Waals surface area (Å²) in [6.45, 7) is 28.9. The number of nitrogens with one attached hydrogen (secondary N) is 1. The standard InChI is InChI=1S/C22H43NP2/c1-19(2,3)24(20(4,5)6)15-17-13-14-18(23-17)16-25(21(7,8)9)22(10,11)12/h13-14,23H,15-16H2,1-12H3. The Labute approximate surface area is 160 Å². The summed E-state index contributed by atoms with van der Waals surface area (Å²) in [5.41, 5.74) is 2.87. The maximum atomic E-state index is 3.79. The second-order valence-corrected chi connectivity index (χ2v) is 19.1. The number of aromatic nitrogens is 1. The fourth-order valence-electron chi connectivity index (χ4n) is 3.98. The molecule has 0 aromatic carbocycles. The van der Waals surface area contributed by atoms with Gasteiger partial charge in [-0.3, -0.25) is 0 Å². The quantitative estimate of drug-likeness (QED) is 0.505. The fraction of sp³-hybridized carbons (Fsp3) is 0.818. The van der Waals surface area contributed by atoms with Gasteiger partial charge in [0.2, 0.25) is 0 Å². The topological polar surface area (TPSA) is 15.8 Å². The molecule has 1 aromatic heterocycles. The first-order chi connectivity index (χ1) is 10.9. The largest absolute Gasteiger partial charge is 0.362 e. The highest BCUT2D eigenvalue weighted by Gasteiger charge is 2.36. The van der Waals surface area contributed by atoms with Crippen molar-refractivity contribution in [2.75, 3.05) is 0 Å². The molecule has 0 unspecified atom stereocenters. The van der Waals surface area contributed by atoms with Crippen LogP contribution in [-0.4, -0.2) is 25.6 Å². The van der Waals surface area contributed by atoms with Gasteiger partial charge in [-0.1, -0.05) is 98.9 Å². The molecule has 1 N–H and O–H groups in total. The Morgan fingerprint density at radius 3 is 1.00 bits per heavy atom. The van der Waals surface area contributed by atoms with E-state index in [0.717, 1.165) is 0 Å². The van der Waals surface area contributed by atoms with E-state index in [-0.39, 0.29) is 15.8 Å². The van der Waals surface area contributed by atoms with E-state index in [1.165, 1.54) is 23.7 Å². The Morgan fingerprint density at radius 1 is 0.560 bits per heavy atom. The molecule has 1 rings (SSSR count). The number of aromatic amines is 1. The van der Waals surface area contributed by atoms with Crippen molar-refractivity contribution in [3.8, 4) is 0 Å². The van der Waals surface area contributed by atoms with Crippen LogP contribution in [0.5, 0.6) is 0 Å². The van der Waals surface area contributed by atoms with E-state index in [1.807, 2.05) is 0 Å². The van der Waals surface area contributed by atoms with E-state index < -0.39 is 0 Å². The third-order valence-corrected chi connectivity index (χ3v) is 12.5. The molecule has 0 radical (unpaired) electrons. The van der Waals surface area contributed by atoms with Crippen LogP contribution in [0.2, 0.25) is 0 Å². The lowest BCUT2D eigenvalue weighted by Gasteiger charge is -2.42. The Morgan fingerprint density at radius 2 is 0.800 bits per heavy atom. The summed E-state index contributed by atoms with van der Waals surface area (Å²) in [5, 5.41) is 1.51. The van der Waals surface area contributed by atoms with E-state index in [4.69, 9.17) is 0 Å². The molecule has 0 aliphatic rings. The van der Waals surface area contributed by atoms with Crippen LogP contribution in [0.1, 0.15) is 94.5 Å². The van der Waals surface area contributed by atoms with Gasteiger partial charge in [-0.05, 0) is 32.8 Å². The number of hydrogen-bond acceptors (Lipinski definition) is 0. The van der Waals surface area contributed by atoms with Gasteiger partial charge in [-0.2, -0.15) is 0 Å². The molecule has 0 aliphatic heterocycles. The van der Waals surface area contributed by atoms with Crippen LogP contribution < -0.4 is 0 Å². The minimum atomic E-state index is -0.0971. The molecule has 0 amide bonds. The van der Waals surface area contributed by atoms with Crippen molar-refractivity contribution in [2.24, 2.45) is 0 Å². The molecule has 3 heteroatoms. The molecule has 0 atom stereocenters. The predicted octanol–water partition coefficient (Wildman–Crippen LogP) is 8.17. The van der Waals surface area contributed by atoms with E-state index in [0.29, 0.717) is 20.6 Å². The molecule has 1 nitrogen and oxygen atoms in total. The summed E-state index contributed by atoms with van der Waals surface area (Å²) in [4.78, 5) is 3.79. The second kappa shape index (κ2) is 7.64. The Balaban J connectivity index is 2.99. The second-order valence-electron chi connectivity index (χ2n) is 11.4. The predicted molar refractivity (Wildman–Crippen MR) is 121 cm³/mol. The first-order valence-corrected chi connectivity index (χ1v) is 12.7. The van der Waals surface area contributed by atoms with E-state index in [2.05, 4.69) is 100 Å². The molecule has 0 fully saturated rings. The van der Waals surface area contributed by atoms with Gasteiger partial charge in [0.1, 0.15) is 0 Å². The van der Waals surface area contributed by atoms with Gasteiger partial charge < -0.3 is 4.98 Å². The zero-order chi connectivity index (χ0) is 19.8. The van der Waals surface area contributed by atoms with E-state index in [9.17, 15) is 0 Å².